The Hall–Kier alpha value is -0.910. The highest BCUT2D eigenvalue weighted by Crippen LogP contribution is 2.25. The number of hydrogen-bond donors (Lipinski definition) is 2. The number of halogens is 2. The molecule has 1 amide bonds. The molecule has 0 fully saturated rings. The van der Waals surface area contributed by atoms with Crippen molar-refractivity contribution >= 4 is 34.8 Å². The minimum absolute atomic E-state index is 0.0243. The van der Waals surface area contributed by atoms with E-state index >= 15 is 0 Å². The van der Waals surface area contributed by atoms with Crippen LogP contribution >= 0.6 is 23.2 Å². The Morgan fingerprint density at radius 1 is 1.50 bits per heavy atom. The summed E-state index contributed by atoms with van der Waals surface area (Å²) in [6.07, 6.45) is 2.12. The van der Waals surface area contributed by atoms with Crippen LogP contribution in [0.1, 0.15) is 19.8 Å². The van der Waals surface area contributed by atoms with Gasteiger partial charge in [0, 0.05) is 12.5 Å². The monoisotopic (exact) mass is 262 g/mol. The third kappa shape index (κ3) is 3.92. The summed E-state index contributed by atoms with van der Waals surface area (Å²) in [5.41, 5.74) is 5.77. The van der Waals surface area contributed by atoms with E-state index in [2.05, 4.69) is 15.3 Å². The van der Waals surface area contributed by atoms with Crippen molar-refractivity contribution < 1.29 is 4.79 Å². The van der Waals surface area contributed by atoms with Crippen molar-refractivity contribution in [1.29, 1.82) is 0 Å². The fraction of sp³-hybridized carbons (Fsp3) is 0.444. The Labute approximate surface area is 103 Å². The van der Waals surface area contributed by atoms with Crippen LogP contribution in [-0.2, 0) is 4.79 Å². The molecule has 0 aliphatic heterocycles. The molecule has 7 heteroatoms. The van der Waals surface area contributed by atoms with Gasteiger partial charge in [0.2, 0.25) is 5.91 Å². The summed E-state index contributed by atoms with van der Waals surface area (Å²) in [5, 5.41) is 2.79. The summed E-state index contributed by atoms with van der Waals surface area (Å²) in [7, 11) is 0. The van der Waals surface area contributed by atoms with Gasteiger partial charge in [0.05, 0.1) is 0 Å². The molecule has 0 saturated carbocycles. The zero-order chi connectivity index (χ0) is 12.1. The number of amides is 1. The lowest BCUT2D eigenvalue weighted by Gasteiger charge is -2.08. The predicted molar refractivity (Wildman–Crippen MR) is 63.6 cm³/mol. The zero-order valence-corrected chi connectivity index (χ0v) is 10.2. The lowest BCUT2D eigenvalue weighted by Crippen LogP contribution is -2.19. The second-order valence-electron chi connectivity index (χ2n) is 3.39. The van der Waals surface area contributed by atoms with Crippen molar-refractivity contribution in [2.75, 3.05) is 5.32 Å². The smallest absolute Gasteiger partial charge is 0.224 e. The minimum Gasteiger partial charge on any atom is -0.328 e. The maximum Gasteiger partial charge on any atom is 0.224 e. The molecule has 0 radical (unpaired) electrons. The molecule has 1 aromatic rings. The van der Waals surface area contributed by atoms with Crippen LogP contribution in [0.5, 0.6) is 0 Å². The van der Waals surface area contributed by atoms with Gasteiger partial charge in [0.15, 0.2) is 10.3 Å². The largest absolute Gasteiger partial charge is 0.328 e. The van der Waals surface area contributed by atoms with Gasteiger partial charge >= 0.3 is 0 Å². The lowest BCUT2D eigenvalue weighted by molar-refractivity contribution is -0.116. The maximum atomic E-state index is 11.5. The molecule has 16 heavy (non-hydrogen) atoms. The van der Waals surface area contributed by atoms with Crippen molar-refractivity contribution in [3.8, 4) is 0 Å². The van der Waals surface area contributed by atoms with E-state index in [1.165, 1.54) is 6.33 Å². The lowest BCUT2D eigenvalue weighted by atomic mass is 10.2. The van der Waals surface area contributed by atoms with E-state index < -0.39 is 0 Å². The van der Waals surface area contributed by atoms with Gasteiger partial charge in [-0.1, -0.05) is 23.2 Å². The number of nitrogens with one attached hydrogen (secondary N) is 1. The number of carbonyl (C=O) groups is 1. The van der Waals surface area contributed by atoms with E-state index in [1.54, 1.807) is 0 Å². The summed E-state index contributed by atoms with van der Waals surface area (Å²) in [5.74, 6) is -0.212. The molecule has 88 valence electrons. The molecule has 0 spiro atoms. The van der Waals surface area contributed by atoms with E-state index in [0.717, 1.165) is 0 Å². The number of nitrogens with two attached hydrogens (primary N) is 1. The van der Waals surface area contributed by atoms with Crippen LogP contribution in [-0.4, -0.2) is 21.9 Å². The molecule has 1 unspecified atom stereocenters. The molecular formula is C9H12Cl2N4O. The Balaban J connectivity index is 2.63. The van der Waals surface area contributed by atoms with Gasteiger partial charge < -0.3 is 11.1 Å². The highest BCUT2D eigenvalue weighted by molar-refractivity contribution is 6.38. The number of aromatic nitrogens is 2. The number of rotatable bonds is 4. The van der Waals surface area contributed by atoms with Crippen LogP contribution in [0.15, 0.2) is 6.33 Å². The van der Waals surface area contributed by atoms with E-state index in [0.29, 0.717) is 12.8 Å². The average molecular weight is 263 g/mol. The molecule has 1 rings (SSSR count). The van der Waals surface area contributed by atoms with Crippen LogP contribution in [0.25, 0.3) is 0 Å². The molecule has 0 aliphatic carbocycles. The zero-order valence-electron chi connectivity index (χ0n) is 8.70. The van der Waals surface area contributed by atoms with E-state index in [4.69, 9.17) is 28.9 Å². The predicted octanol–water partition coefficient (Wildman–Crippen LogP) is 1.85. The van der Waals surface area contributed by atoms with Gasteiger partial charge in [-0.3, -0.25) is 4.79 Å². The molecule has 5 nitrogen and oxygen atoms in total. The summed E-state index contributed by atoms with van der Waals surface area (Å²) in [4.78, 5) is 18.9. The van der Waals surface area contributed by atoms with Crippen LogP contribution in [0.4, 0.5) is 5.69 Å². The fourth-order valence-electron chi connectivity index (χ4n) is 1.01. The highest BCUT2D eigenvalue weighted by atomic mass is 35.5. The van der Waals surface area contributed by atoms with Crippen molar-refractivity contribution in [1.82, 2.24) is 9.97 Å². The van der Waals surface area contributed by atoms with Gasteiger partial charge in [-0.05, 0) is 13.3 Å². The normalized spacial score (nSPS) is 12.2. The van der Waals surface area contributed by atoms with Crippen molar-refractivity contribution in [3.63, 3.8) is 0 Å². The second-order valence-corrected chi connectivity index (χ2v) is 4.11. The average Bonchev–Trinajstić information content (AvgIpc) is 2.21. The molecule has 0 bridgehead atoms. The van der Waals surface area contributed by atoms with Crippen molar-refractivity contribution in [3.05, 3.63) is 16.6 Å². The Morgan fingerprint density at radius 2 is 2.06 bits per heavy atom. The van der Waals surface area contributed by atoms with Gasteiger partial charge in [0.1, 0.15) is 12.0 Å². The fourth-order valence-corrected chi connectivity index (χ4v) is 1.42. The quantitative estimate of drug-likeness (QED) is 0.812. The first-order chi connectivity index (χ1) is 7.50. The van der Waals surface area contributed by atoms with E-state index in [-0.39, 0.29) is 27.9 Å². The number of carbonyl (C=O) groups excluding carboxylic acids is 1. The van der Waals surface area contributed by atoms with Crippen LogP contribution < -0.4 is 11.1 Å². The molecule has 0 aromatic carbocycles. The molecular weight excluding hydrogens is 251 g/mol. The molecule has 0 saturated heterocycles. The summed E-state index contributed by atoms with van der Waals surface area (Å²) in [6.45, 7) is 1.83. The third-order valence-corrected chi connectivity index (χ3v) is 2.42. The van der Waals surface area contributed by atoms with Crippen molar-refractivity contribution in [2.45, 2.75) is 25.8 Å². The first kappa shape index (κ1) is 13.2. The number of nitrogens with zero attached hydrogens (tertiary/aromatic N) is 2. The summed E-state index contributed by atoms with van der Waals surface area (Å²) in [6, 6.07) is -0.0243. The Morgan fingerprint density at radius 3 is 2.56 bits per heavy atom. The Bertz CT molecular complexity index is 364. The van der Waals surface area contributed by atoms with E-state index in [1.807, 2.05) is 6.92 Å². The standard InChI is InChI=1S/C9H12Cl2N4O/c1-5(12)2-3-6(16)15-7-8(10)13-4-14-9(7)11/h4-5H,2-3,12H2,1H3,(H,15,16). The second kappa shape index (κ2) is 5.98. The van der Waals surface area contributed by atoms with Crippen molar-refractivity contribution in [2.24, 2.45) is 5.73 Å². The Kier molecular flexibility index (Phi) is 4.92. The first-order valence-electron chi connectivity index (χ1n) is 4.72. The summed E-state index contributed by atoms with van der Waals surface area (Å²) < 4.78 is 0. The molecule has 3 N–H and O–H groups in total. The molecule has 0 aliphatic rings. The first-order valence-corrected chi connectivity index (χ1v) is 5.47. The minimum atomic E-state index is -0.212. The van der Waals surface area contributed by atoms with Gasteiger partial charge in [-0.15, -0.1) is 0 Å². The maximum absolute atomic E-state index is 11.5. The van der Waals surface area contributed by atoms with Gasteiger partial charge in [0.25, 0.3) is 0 Å². The third-order valence-electron chi connectivity index (χ3n) is 1.85. The van der Waals surface area contributed by atoms with Gasteiger partial charge in [-0.25, -0.2) is 9.97 Å². The summed E-state index contributed by atoms with van der Waals surface area (Å²) >= 11 is 11.5. The highest BCUT2D eigenvalue weighted by Gasteiger charge is 2.11. The van der Waals surface area contributed by atoms with Crippen LogP contribution in [0.2, 0.25) is 10.3 Å². The number of anilines is 1. The van der Waals surface area contributed by atoms with E-state index in [9.17, 15) is 4.79 Å². The SMILES string of the molecule is CC(N)CCC(=O)Nc1c(Cl)ncnc1Cl. The molecule has 1 aromatic heterocycles. The van der Waals surface area contributed by atoms with Crippen LogP contribution in [0.3, 0.4) is 0 Å². The van der Waals surface area contributed by atoms with Crippen LogP contribution in [0, 0.1) is 0 Å². The molecule has 1 heterocycles. The van der Waals surface area contributed by atoms with Gasteiger partial charge in [-0.2, -0.15) is 0 Å². The topological polar surface area (TPSA) is 80.9 Å². The molecule has 1 atom stereocenters. The number of hydrogen-bond acceptors (Lipinski definition) is 4.